The molecule has 74 valence electrons. The molecular formula is C6H10N2O2S3. The maximum atomic E-state index is 11.5. The summed E-state index contributed by atoms with van der Waals surface area (Å²) in [5.41, 5.74) is 5.49. The summed E-state index contributed by atoms with van der Waals surface area (Å²) in [6.07, 6.45) is 1.81. The standard InChI is InChI=1S/C6H10N2O2S3/c1-3-13(9,10)4-5(7)8-12-6(4)11-2/h3H2,1-2H3,(H2,7,8). The summed E-state index contributed by atoms with van der Waals surface area (Å²) >= 11 is 2.48. The quantitative estimate of drug-likeness (QED) is 0.802. The summed E-state index contributed by atoms with van der Waals surface area (Å²) < 4.78 is 27.6. The number of rotatable bonds is 3. The molecule has 0 saturated carbocycles. The van der Waals surface area contributed by atoms with E-state index < -0.39 is 9.84 Å². The molecule has 7 heteroatoms. The normalized spacial score (nSPS) is 11.8. The molecule has 1 aromatic heterocycles. The molecule has 0 radical (unpaired) electrons. The van der Waals surface area contributed by atoms with Gasteiger partial charge in [0.1, 0.15) is 9.10 Å². The van der Waals surface area contributed by atoms with Crippen molar-refractivity contribution in [3.63, 3.8) is 0 Å². The van der Waals surface area contributed by atoms with Crippen LogP contribution in [0.2, 0.25) is 0 Å². The van der Waals surface area contributed by atoms with Crippen molar-refractivity contribution in [3.8, 4) is 0 Å². The molecule has 0 aromatic carbocycles. The van der Waals surface area contributed by atoms with Crippen LogP contribution >= 0.6 is 23.3 Å². The fraction of sp³-hybridized carbons (Fsp3) is 0.500. The van der Waals surface area contributed by atoms with Crippen molar-refractivity contribution >= 4 is 38.9 Å². The van der Waals surface area contributed by atoms with Crippen LogP contribution in [0.4, 0.5) is 5.82 Å². The van der Waals surface area contributed by atoms with Crippen LogP contribution < -0.4 is 5.73 Å². The molecule has 1 aromatic rings. The van der Waals surface area contributed by atoms with Crippen molar-refractivity contribution in [3.05, 3.63) is 0 Å². The number of nitrogens with two attached hydrogens (primary N) is 1. The predicted molar refractivity (Wildman–Crippen MR) is 56.0 cm³/mol. The Morgan fingerprint density at radius 2 is 2.23 bits per heavy atom. The summed E-state index contributed by atoms with van der Waals surface area (Å²) in [4.78, 5) is 0.201. The zero-order valence-electron chi connectivity index (χ0n) is 7.27. The zero-order valence-corrected chi connectivity index (χ0v) is 9.72. The molecule has 0 unspecified atom stereocenters. The Morgan fingerprint density at radius 3 is 2.69 bits per heavy atom. The molecule has 0 aliphatic heterocycles. The van der Waals surface area contributed by atoms with Crippen LogP contribution in [0.3, 0.4) is 0 Å². The molecule has 4 nitrogen and oxygen atoms in total. The van der Waals surface area contributed by atoms with Gasteiger partial charge in [0.15, 0.2) is 15.7 Å². The van der Waals surface area contributed by atoms with Gasteiger partial charge in [-0.2, -0.15) is 4.37 Å². The SMILES string of the molecule is CCS(=O)(=O)c1c(N)nsc1SC. The fourth-order valence-electron chi connectivity index (χ4n) is 0.839. The van der Waals surface area contributed by atoms with Gasteiger partial charge >= 0.3 is 0 Å². The van der Waals surface area contributed by atoms with Crippen molar-refractivity contribution in [1.29, 1.82) is 0 Å². The van der Waals surface area contributed by atoms with Crippen molar-refractivity contribution in [1.82, 2.24) is 4.37 Å². The zero-order chi connectivity index (χ0) is 10.1. The third-order valence-corrected chi connectivity index (χ3v) is 5.53. The van der Waals surface area contributed by atoms with E-state index in [0.29, 0.717) is 4.21 Å². The second-order valence-electron chi connectivity index (χ2n) is 2.29. The van der Waals surface area contributed by atoms with Gasteiger partial charge in [0.2, 0.25) is 0 Å². The topological polar surface area (TPSA) is 73.0 Å². The molecule has 0 aliphatic carbocycles. The van der Waals surface area contributed by atoms with E-state index in [4.69, 9.17) is 5.73 Å². The Labute approximate surface area is 85.6 Å². The first kappa shape index (κ1) is 10.8. The number of nitrogens with zero attached hydrogens (tertiary/aromatic N) is 1. The molecule has 0 bridgehead atoms. The fourth-order valence-corrected chi connectivity index (χ4v) is 4.09. The lowest BCUT2D eigenvalue weighted by molar-refractivity contribution is 0.596. The average Bonchev–Trinajstić information content (AvgIpc) is 2.47. The van der Waals surface area contributed by atoms with Gasteiger partial charge in [0.25, 0.3) is 0 Å². The second-order valence-corrected chi connectivity index (χ2v) is 6.36. The lowest BCUT2D eigenvalue weighted by Crippen LogP contribution is -2.06. The van der Waals surface area contributed by atoms with Gasteiger partial charge < -0.3 is 5.73 Å². The summed E-state index contributed by atoms with van der Waals surface area (Å²) in [6.45, 7) is 1.59. The van der Waals surface area contributed by atoms with Gasteiger partial charge in [0, 0.05) is 0 Å². The molecule has 13 heavy (non-hydrogen) atoms. The van der Waals surface area contributed by atoms with Crippen molar-refractivity contribution in [2.75, 3.05) is 17.7 Å². The molecule has 0 aliphatic rings. The summed E-state index contributed by atoms with van der Waals surface area (Å²) in [6, 6.07) is 0. The summed E-state index contributed by atoms with van der Waals surface area (Å²) in [5, 5.41) is 0. The Bertz CT molecular complexity index is 396. The summed E-state index contributed by atoms with van der Waals surface area (Å²) in [5.74, 6) is 0.180. The molecular weight excluding hydrogens is 228 g/mol. The first-order valence-electron chi connectivity index (χ1n) is 3.54. The van der Waals surface area contributed by atoms with Crippen LogP contribution in [0.15, 0.2) is 9.10 Å². The Kier molecular flexibility index (Phi) is 3.20. The number of thioether (sulfide) groups is 1. The van der Waals surface area contributed by atoms with Crippen molar-refractivity contribution < 1.29 is 8.42 Å². The molecule has 2 N–H and O–H groups in total. The van der Waals surface area contributed by atoms with E-state index >= 15 is 0 Å². The lowest BCUT2D eigenvalue weighted by atomic mass is 10.7. The highest BCUT2D eigenvalue weighted by Crippen LogP contribution is 2.33. The van der Waals surface area contributed by atoms with Gasteiger partial charge in [-0.05, 0) is 17.8 Å². The summed E-state index contributed by atoms with van der Waals surface area (Å²) in [7, 11) is -3.23. The highest BCUT2D eigenvalue weighted by molar-refractivity contribution is 8.01. The maximum Gasteiger partial charge on any atom is 0.183 e. The number of anilines is 1. The number of aromatic nitrogens is 1. The predicted octanol–water partition coefficient (Wildman–Crippen LogP) is 1.24. The van der Waals surface area contributed by atoms with Crippen LogP contribution in [0.1, 0.15) is 6.92 Å². The van der Waals surface area contributed by atoms with Gasteiger partial charge in [-0.15, -0.1) is 11.8 Å². The highest BCUT2D eigenvalue weighted by Gasteiger charge is 2.22. The van der Waals surface area contributed by atoms with Gasteiger partial charge in [0.05, 0.1) is 5.75 Å². The maximum absolute atomic E-state index is 11.5. The van der Waals surface area contributed by atoms with Crippen LogP contribution in [0.25, 0.3) is 0 Å². The molecule has 0 spiro atoms. The average molecular weight is 238 g/mol. The van der Waals surface area contributed by atoms with E-state index in [1.165, 1.54) is 11.8 Å². The Morgan fingerprint density at radius 1 is 1.62 bits per heavy atom. The third kappa shape index (κ3) is 1.97. The first-order valence-corrected chi connectivity index (χ1v) is 7.19. The minimum atomic E-state index is -3.23. The molecule has 0 saturated heterocycles. The van der Waals surface area contributed by atoms with Crippen molar-refractivity contribution in [2.45, 2.75) is 16.0 Å². The minimum absolute atomic E-state index is 0.0587. The van der Waals surface area contributed by atoms with E-state index in [1.54, 1.807) is 6.92 Å². The van der Waals surface area contributed by atoms with Crippen LogP contribution in [-0.2, 0) is 9.84 Å². The smallest absolute Gasteiger partial charge is 0.183 e. The third-order valence-electron chi connectivity index (χ3n) is 1.52. The van der Waals surface area contributed by atoms with Crippen LogP contribution in [0, 0.1) is 0 Å². The largest absolute Gasteiger partial charge is 0.382 e. The molecule has 0 atom stereocenters. The highest BCUT2D eigenvalue weighted by atomic mass is 32.2. The lowest BCUT2D eigenvalue weighted by Gasteiger charge is -2.00. The molecule has 0 amide bonds. The Balaban J connectivity index is 3.35. The Hall–Kier alpha value is -0.270. The minimum Gasteiger partial charge on any atom is -0.382 e. The van der Waals surface area contributed by atoms with Crippen LogP contribution in [-0.4, -0.2) is 24.8 Å². The van der Waals surface area contributed by atoms with E-state index in [1.807, 2.05) is 6.26 Å². The van der Waals surface area contributed by atoms with Gasteiger partial charge in [-0.3, -0.25) is 0 Å². The molecule has 0 fully saturated rings. The van der Waals surface area contributed by atoms with E-state index in [2.05, 4.69) is 4.37 Å². The molecule has 1 heterocycles. The second kappa shape index (κ2) is 3.85. The van der Waals surface area contributed by atoms with Gasteiger partial charge in [-0.25, -0.2) is 8.42 Å². The monoisotopic (exact) mass is 238 g/mol. The van der Waals surface area contributed by atoms with Gasteiger partial charge in [-0.1, -0.05) is 6.92 Å². The van der Waals surface area contributed by atoms with E-state index in [9.17, 15) is 8.42 Å². The van der Waals surface area contributed by atoms with E-state index in [-0.39, 0.29) is 16.5 Å². The number of hydrogen-bond donors (Lipinski definition) is 1. The first-order chi connectivity index (χ1) is 6.03. The number of nitrogen functional groups attached to an aromatic ring is 1. The van der Waals surface area contributed by atoms with E-state index in [0.717, 1.165) is 11.5 Å². The number of sulfone groups is 1. The van der Waals surface area contributed by atoms with Crippen molar-refractivity contribution in [2.24, 2.45) is 0 Å². The molecule has 1 rings (SSSR count). The van der Waals surface area contributed by atoms with Crippen LogP contribution in [0.5, 0.6) is 0 Å². The number of hydrogen-bond acceptors (Lipinski definition) is 6.